The van der Waals surface area contributed by atoms with E-state index < -0.39 is 5.54 Å². The molecule has 3 amide bonds. The van der Waals surface area contributed by atoms with Crippen molar-refractivity contribution in [1.82, 2.24) is 15.5 Å². The Morgan fingerprint density at radius 3 is 2.46 bits per heavy atom. The second kappa shape index (κ2) is 7.20. The Morgan fingerprint density at radius 1 is 1.08 bits per heavy atom. The van der Waals surface area contributed by atoms with Gasteiger partial charge in [-0.05, 0) is 56.3 Å². The van der Waals surface area contributed by atoms with Crippen LogP contribution in [0, 0.1) is 5.92 Å². The number of carbonyl (C=O) groups is 2. The lowest BCUT2D eigenvalue weighted by atomic mass is 9.74. The van der Waals surface area contributed by atoms with Gasteiger partial charge in [-0.25, -0.2) is 4.79 Å². The van der Waals surface area contributed by atoms with Gasteiger partial charge in [-0.2, -0.15) is 0 Å². The normalized spacial score (nSPS) is 28.0. The summed E-state index contributed by atoms with van der Waals surface area (Å²) in [5, 5.41) is 7.15. The summed E-state index contributed by atoms with van der Waals surface area (Å²) in [6.07, 6.45) is 6.26. The summed E-state index contributed by atoms with van der Waals surface area (Å²) in [4.78, 5) is 28.0. The van der Waals surface area contributed by atoms with Gasteiger partial charge < -0.3 is 10.6 Å². The van der Waals surface area contributed by atoms with Crippen LogP contribution in [0.3, 0.4) is 0 Å². The first-order valence-corrected chi connectivity index (χ1v) is 10.1. The zero-order valence-corrected chi connectivity index (χ0v) is 15.7. The predicted octanol–water partition coefficient (Wildman–Crippen LogP) is 3.12. The number of nitrogens with one attached hydrogen (secondary N) is 2. The van der Waals surface area contributed by atoms with Gasteiger partial charge in [-0.1, -0.05) is 42.6 Å². The lowest BCUT2D eigenvalue weighted by Gasteiger charge is -2.38. The van der Waals surface area contributed by atoms with Crippen LogP contribution in [0.1, 0.15) is 44.1 Å². The number of halogens is 1. The maximum absolute atomic E-state index is 13.6. The fourth-order valence-electron chi connectivity index (χ4n) is 4.90. The van der Waals surface area contributed by atoms with Crippen LogP contribution in [-0.2, 0) is 11.2 Å². The summed E-state index contributed by atoms with van der Waals surface area (Å²) >= 11 is 6.40. The summed E-state index contributed by atoms with van der Waals surface area (Å²) < 4.78 is 0. The van der Waals surface area contributed by atoms with Crippen molar-refractivity contribution in [3.63, 3.8) is 0 Å². The highest BCUT2D eigenvalue weighted by Crippen LogP contribution is 2.39. The van der Waals surface area contributed by atoms with Gasteiger partial charge in [0.2, 0.25) is 0 Å². The number of hydrogen-bond donors (Lipinski definition) is 2. The van der Waals surface area contributed by atoms with Crippen LogP contribution < -0.4 is 10.6 Å². The molecule has 1 atom stereocenters. The van der Waals surface area contributed by atoms with Crippen LogP contribution in [0.15, 0.2) is 24.3 Å². The Hall–Kier alpha value is -1.59. The first kappa shape index (κ1) is 17.8. The average Bonchev–Trinajstić information content (AvgIpc) is 3.25. The third-order valence-corrected chi connectivity index (χ3v) is 6.67. The smallest absolute Gasteiger partial charge is 0.322 e. The van der Waals surface area contributed by atoms with Crippen LogP contribution in [0.2, 0.25) is 5.02 Å². The molecule has 3 fully saturated rings. The number of rotatable bonds is 4. The summed E-state index contributed by atoms with van der Waals surface area (Å²) in [5.41, 5.74) is 0.0573. The Labute approximate surface area is 159 Å². The number of nitrogens with zero attached hydrogens (tertiary/aromatic N) is 1. The number of urea groups is 1. The molecule has 140 valence electrons. The van der Waals surface area contributed by atoms with E-state index in [-0.39, 0.29) is 23.9 Å². The summed E-state index contributed by atoms with van der Waals surface area (Å²) in [7, 11) is 0. The summed E-state index contributed by atoms with van der Waals surface area (Å²) in [5.74, 6) is 0.0871. The molecule has 4 rings (SSSR count). The maximum atomic E-state index is 13.6. The molecule has 0 bridgehead atoms. The van der Waals surface area contributed by atoms with Crippen LogP contribution in [0.4, 0.5) is 4.79 Å². The van der Waals surface area contributed by atoms with E-state index >= 15 is 0 Å². The van der Waals surface area contributed by atoms with Crippen molar-refractivity contribution in [2.24, 2.45) is 5.92 Å². The number of imide groups is 1. The SMILES string of the molecule is O=C1NC(Cc2ccccc2Cl)(C2CCNCC2)C(=O)N1C1CCCC1. The van der Waals surface area contributed by atoms with Gasteiger partial charge in [-0.3, -0.25) is 9.69 Å². The van der Waals surface area contributed by atoms with Gasteiger partial charge >= 0.3 is 6.03 Å². The van der Waals surface area contributed by atoms with E-state index in [2.05, 4.69) is 10.6 Å². The molecule has 0 radical (unpaired) electrons. The second-order valence-corrected chi connectivity index (χ2v) is 8.21. The first-order valence-electron chi connectivity index (χ1n) is 9.72. The average molecular weight is 376 g/mol. The van der Waals surface area contributed by atoms with Crippen molar-refractivity contribution in [2.75, 3.05) is 13.1 Å². The molecular formula is C20H26ClN3O2. The number of benzene rings is 1. The first-order chi connectivity index (χ1) is 12.6. The van der Waals surface area contributed by atoms with E-state index in [1.165, 1.54) is 4.90 Å². The van der Waals surface area contributed by atoms with Crippen LogP contribution in [0.25, 0.3) is 0 Å². The molecule has 3 aliphatic rings. The fourth-order valence-corrected chi connectivity index (χ4v) is 5.11. The Morgan fingerprint density at radius 2 is 1.77 bits per heavy atom. The van der Waals surface area contributed by atoms with E-state index in [0.717, 1.165) is 57.2 Å². The largest absolute Gasteiger partial charge is 0.325 e. The Kier molecular flexibility index (Phi) is 4.93. The van der Waals surface area contributed by atoms with Crippen molar-refractivity contribution in [3.05, 3.63) is 34.9 Å². The highest BCUT2D eigenvalue weighted by atomic mass is 35.5. The van der Waals surface area contributed by atoms with Crippen molar-refractivity contribution < 1.29 is 9.59 Å². The predicted molar refractivity (Wildman–Crippen MR) is 101 cm³/mol. The molecule has 2 heterocycles. The van der Waals surface area contributed by atoms with Crippen molar-refractivity contribution in [1.29, 1.82) is 0 Å². The highest BCUT2D eigenvalue weighted by Gasteiger charge is 2.57. The quantitative estimate of drug-likeness (QED) is 0.795. The molecule has 2 aliphatic heterocycles. The van der Waals surface area contributed by atoms with Crippen molar-refractivity contribution in [3.8, 4) is 0 Å². The Balaban J connectivity index is 1.70. The number of piperidine rings is 1. The number of hydrogen-bond acceptors (Lipinski definition) is 3. The molecule has 1 aliphatic carbocycles. The topological polar surface area (TPSA) is 61.4 Å². The monoisotopic (exact) mass is 375 g/mol. The summed E-state index contributed by atoms with van der Waals surface area (Å²) in [6, 6.07) is 7.48. The molecule has 1 saturated carbocycles. The minimum atomic E-state index is -0.868. The molecular weight excluding hydrogens is 350 g/mol. The van der Waals surface area contributed by atoms with Gasteiger partial charge in [0.25, 0.3) is 5.91 Å². The lowest BCUT2D eigenvalue weighted by molar-refractivity contribution is -0.135. The van der Waals surface area contributed by atoms with E-state index in [0.29, 0.717) is 11.4 Å². The van der Waals surface area contributed by atoms with Crippen LogP contribution in [0.5, 0.6) is 0 Å². The van der Waals surface area contributed by atoms with Gasteiger partial charge in [0.05, 0.1) is 0 Å². The van der Waals surface area contributed by atoms with Gasteiger partial charge in [0, 0.05) is 17.5 Å². The van der Waals surface area contributed by atoms with Gasteiger partial charge in [-0.15, -0.1) is 0 Å². The van der Waals surface area contributed by atoms with E-state index in [1.54, 1.807) is 0 Å². The molecule has 6 heteroatoms. The summed E-state index contributed by atoms with van der Waals surface area (Å²) in [6.45, 7) is 1.75. The van der Waals surface area contributed by atoms with E-state index in [1.807, 2.05) is 24.3 Å². The molecule has 2 N–H and O–H groups in total. The van der Waals surface area contributed by atoms with Crippen molar-refractivity contribution >= 4 is 23.5 Å². The lowest BCUT2D eigenvalue weighted by Crippen LogP contribution is -2.57. The number of carbonyl (C=O) groups excluding carboxylic acids is 2. The molecule has 2 saturated heterocycles. The number of amides is 3. The Bertz CT molecular complexity index is 698. The molecule has 1 aromatic carbocycles. The minimum absolute atomic E-state index is 0.0405. The molecule has 5 nitrogen and oxygen atoms in total. The standard InChI is InChI=1S/C20H26ClN3O2/c21-17-8-4-1-5-14(17)13-20(15-9-11-22-12-10-15)18(25)24(19(26)23-20)16-6-2-3-7-16/h1,4-5,8,15-16,22H,2-3,6-7,9-13H2,(H,23,26). The zero-order chi connectivity index (χ0) is 18.1. The maximum Gasteiger partial charge on any atom is 0.325 e. The molecule has 26 heavy (non-hydrogen) atoms. The zero-order valence-electron chi connectivity index (χ0n) is 15.0. The third-order valence-electron chi connectivity index (χ3n) is 6.30. The third kappa shape index (κ3) is 3.01. The highest BCUT2D eigenvalue weighted by molar-refractivity contribution is 6.31. The fraction of sp³-hybridized carbons (Fsp3) is 0.600. The van der Waals surface area contributed by atoms with Crippen molar-refractivity contribution in [2.45, 2.75) is 56.5 Å². The molecule has 1 aromatic rings. The molecule has 0 aromatic heterocycles. The van der Waals surface area contributed by atoms with Crippen LogP contribution >= 0.6 is 11.6 Å². The van der Waals surface area contributed by atoms with Gasteiger partial charge in [0.15, 0.2) is 0 Å². The van der Waals surface area contributed by atoms with E-state index in [9.17, 15) is 9.59 Å². The molecule has 0 spiro atoms. The van der Waals surface area contributed by atoms with Gasteiger partial charge in [0.1, 0.15) is 5.54 Å². The minimum Gasteiger partial charge on any atom is -0.322 e. The van der Waals surface area contributed by atoms with Crippen LogP contribution in [-0.4, -0.2) is 41.5 Å². The second-order valence-electron chi connectivity index (χ2n) is 7.81. The molecule has 1 unspecified atom stereocenters. The van der Waals surface area contributed by atoms with E-state index in [4.69, 9.17) is 11.6 Å².